The third kappa shape index (κ3) is 4.30. The molecule has 8 atom stereocenters. The second-order valence-electron chi connectivity index (χ2n) is 12.2. The molecule has 0 aromatic rings. The van der Waals surface area contributed by atoms with Crippen molar-refractivity contribution in [2.75, 3.05) is 6.54 Å². The molecule has 3 saturated carbocycles. The fourth-order valence-corrected chi connectivity index (χ4v) is 8.34. The first-order chi connectivity index (χ1) is 15.0. The second-order valence-corrected chi connectivity index (χ2v) is 12.2. The molecule has 5 rings (SSSR count). The Hall–Kier alpha value is -0.700. The van der Waals surface area contributed by atoms with E-state index in [0.717, 1.165) is 43.6 Å². The third-order valence-corrected chi connectivity index (χ3v) is 10.3. The Kier molecular flexibility index (Phi) is 6.36. The number of fused-ring (bicyclic) bond motifs is 3. The van der Waals surface area contributed by atoms with E-state index in [0.29, 0.717) is 35.9 Å². The van der Waals surface area contributed by atoms with Crippen molar-refractivity contribution in [3.8, 4) is 6.07 Å². The summed E-state index contributed by atoms with van der Waals surface area (Å²) in [5, 5.41) is 13.4. The number of nitriles is 1. The van der Waals surface area contributed by atoms with Gasteiger partial charge in [0.05, 0.1) is 11.5 Å². The van der Waals surface area contributed by atoms with E-state index in [4.69, 9.17) is 0 Å². The second kappa shape index (κ2) is 8.92. The summed E-state index contributed by atoms with van der Waals surface area (Å²) in [5.41, 5.74) is 7.23. The SMILES string of the molecule is CC(C)(C#N)C1CCC(C2NNC3CNC4CCC(C5CCCC(F)C5)CC4C32)CC1. The molecule has 3 N–H and O–H groups in total. The Labute approximate surface area is 188 Å². The van der Waals surface area contributed by atoms with Crippen molar-refractivity contribution in [2.24, 2.45) is 40.9 Å². The zero-order valence-corrected chi connectivity index (χ0v) is 19.6. The van der Waals surface area contributed by atoms with E-state index in [1.165, 1.54) is 51.4 Å². The smallest absolute Gasteiger partial charge is 0.100 e. The Morgan fingerprint density at radius 3 is 2.32 bits per heavy atom. The van der Waals surface area contributed by atoms with Gasteiger partial charge >= 0.3 is 0 Å². The molecule has 0 aromatic carbocycles. The van der Waals surface area contributed by atoms with Gasteiger partial charge in [0.2, 0.25) is 0 Å². The highest BCUT2D eigenvalue weighted by Gasteiger charge is 2.52. The molecule has 8 unspecified atom stereocenters. The monoisotopic (exact) mass is 430 g/mol. The summed E-state index contributed by atoms with van der Waals surface area (Å²) in [6.07, 6.45) is 12.2. The first-order valence-corrected chi connectivity index (χ1v) is 13.3. The molecule has 5 fully saturated rings. The Morgan fingerprint density at radius 1 is 0.839 bits per heavy atom. The Morgan fingerprint density at radius 2 is 1.58 bits per heavy atom. The molecule has 174 valence electrons. The zero-order valence-electron chi connectivity index (χ0n) is 19.6. The fraction of sp³-hybridized carbons (Fsp3) is 0.962. The quantitative estimate of drug-likeness (QED) is 0.606. The van der Waals surface area contributed by atoms with Crippen LogP contribution in [0.15, 0.2) is 0 Å². The van der Waals surface area contributed by atoms with Gasteiger partial charge in [0, 0.05) is 24.7 Å². The summed E-state index contributed by atoms with van der Waals surface area (Å²) in [5.74, 6) is 4.03. The van der Waals surface area contributed by atoms with Crippen molar-refractivity contribution >= 4 is 0 Å². The number of hydrogen-bond acceptors (Lipinski definition) is 4. The number of halogens is 1. The van der Waals surface area contributed by atoms with Crippen LogP contribution in [0.1, 0.15) is 84.5 Å². The lowest BCUT2D eigenvalue weighted by Crippen LogP contribution is -2.58. The van der Waals surface area contributed by atoms with Crippen LogP contribution < -0.4 is 16.2 Å². The lowest BCUT2D eigenvalue weighted by molar-refractivity contribution is 0.0365. The van der Waals surface area contributed by atoms with E-state index in [1.54, 1.807) is 0 Å². The van der Waals surface area contributed by atoms with Gasteiger partial charge in [-0.3, -0.25) is 10.9 Å². The van der Waals surface area contributed by atoms with Gasteiger partial charge < -0.3 is 5.32 Å². The Balaban J connectivity index is 1.26. The van der Waals surface area contributed by atoms with Gasteiger partial charge in [-0.15, -0.1) is 0 Å². The van der Waals surface area contributed by atoms with Gasteiger partial charge in [-0.1, -0.05) is 6.42 Å². The first-order valence-electron chi connectivity index (χ1n) is 13.3. The zero-order chi connectivity index (χ0) is 21.6. The number of nitrogens with one attached hydrogen (secondary N) is 3. The maximum Gasteiger partial charge on any atom is 0.100 e. The molecule has 2 heterocycles. The normalized spacial score (nSPS) is 48.5. The van der Waals surface area contributed by atoms with Crippen molar-refractivity contribution in [3.05, 3.63) is 0 Å². The molecular formula is C26H43FN4. The highest BCUT2D eigenvalue weighted by Crippen LogP contribution is 2.49. The molecule has 3 aliphatic carbocycles. The highest BCUT2D eigenvalue weighted by atomic mass is 19.1. The fourth-order valence-electron chi connectivity index (χ4n) is 8.34. The minimum absolute atomic E-state index is 0.195. The van der Waals surface area contributed by atoms with Crippen LogP contribution >= 0.6 is 0 Å². The summed E-state index contributed by atoms with van der Waals surface area (Å²) in [4.78, 5) is 0. The van der Waals surface area contributed by atoms with E-state index in [-0.39, 0.29) is 5.41 Å². The maximum atomic E-state index is 14.1. The molecule has 5 heteroatoms. The van der Waals surface area contributed by atoms with E-state index < -0.39 is 6.17 Å². The lowest BCUT2D eigenvalue weighted by atomic mass is 9.60. The van der Waals surface area contributed by atoms with E-state index >= 15 is 0 Å². The van der Waals surface area contributed by atoms with Crippen molar-refractivity contribution < 1.29 is 4.39 Å². The van der Waals surface area contributed by atoms with E-state index in [2.05, 4.69) is 36.1 Å². The van der Waals surface area contributed by atoms with Gasteiger partial charge in [0.15, 0.2) is 0 Å². The molecule has 0 aromatic heterocycles. The first kappa shape index (κ1) is 22.1. The van der Waals surface area contributed by atoms with Crippen LogP contribution in [0.3, 0.4) is 0 Å². The standard InChI is InChI=1S/C26H43FN4/c1-26(2,15-28)19-9-6-16(7-10-19)25-24-21-13-18(17-4-3-5-20(27)12-17)8-11-22(21)29-14-23(24)30-31-25/h16-25,29-31H,3-14H2,1-2H3. The van der Waals surface area contributed by atoms with Crippen molar-refractivity contribution in [2.45, 2.75) is 109 Å². The molecule has 0 bridgehead atoms. The van der Waals surface area contributed by atoms with Crippen molar-refractivity contribution in [3.63, 3.8) is 0 Å². The molecule has 0 radical (unpaired) electrons. The van der Waals surface area contributed by atoms with Crippen LogP contribution in [0.25, 0.3) is 0 Å². The Bertz CT molecular complexity index is 667. The summed E-state index contributed by atoms with van der Waals surface area (Å²) >= 11 is 0. The molecule has 4 nitrogen and oxygen atoms in total. The van der Waals surface area contributed by atoms with Crippen LogP contribution in [0.4, 0.5) is 4.39 Å². The molecular weight excluding hydrogens is 387 g/mol. The number of nitrogens with zero attached hydrogens (tertiary/aromatic N) is 1. The molecule has 2 aliphatic heterocycles. The lowest BCUT2D eigenvalue weighted by Gasteiger charge is -2.50. The predicted molar refractivity (Wildman–Crippen MR) is 122 cm³/mol. The largest absolute Gasteiger partial charge is 0.312 e. The van der Waals surface area contributed by atoms with Crippen LogP contribution in [-0.2, 0) is 0 Å². The van der Waals surface area contributed by atoms with Crippen molar-refractivity contribution in [1.29, 1.82) is 5.26 Å². The highest BCUT2D eigenvalue weighted by molar-refractivity contribution is 5.08. The average Bonchev–Trinajstić information content (AvgIpc) is 3.23. The van der Waals surface area contributed by atoms with Crippen LogP contribution in [0, 0.1) is 52.3 Å². The van der Waals surface area contributed by atoms with Gasteiger partial charge in [0.1, 0.15) is 6.17 Å². The predicted octanol–water partition coefficient (Wildman–Crippen LogP) is 4.72. The molecule has 0 spiro atoms. The number of alkyl halides is 1. The molecule has 2 saturated heterocycles. The van der Waals surface area contributed by atoms with Crippen LogP contribution in [-0.4, -0.2) is 30.8 Å². The average molecular weight is 431 g/mol. The molecule has 5 aliphatic rings. The van der Waals surface area contributed by atoms with Crippen molar-refractivity contribution in [1.82, 2.24) is 16.2 Å². The summed E-state index contributed by atoms with van der Waals surface area (Å²) in [6, 6.07) is 4.29. The molecule has 31 heavy (non-hydrogen) atoms. The van der Waals surface area contributed by atoms with Crippen LogP contribution in [0.5, 0.6) is 0 Å². The minimum atomic E-state index is -0.552. The van der Waals surface area contributed by atoms with Gasteiger partial charge in [0.25, 0.3) is 0 Å². The topological polar surface area (TPSA) is 59.9 Å². The van der Waals surface area contributed by atoms with E-state index in [9.17, 15) is 9.65 Å². The third-order valence-electron chi connectivity index (χ3n) is 10.3. The summed E-state index contributed by atoms with van der Waals surface area (Å²) < 4.78 is 14.1. The number of hydrogen-bond donors (Lipinski definition) is 3. The van der Waals surface area contributed by atoms with E-state index in [1.807, 2.05) is 0 Å². The summed E-state index contributed by atoms with van der Waals surface area (Å²) in [6.45, 7) is 5.32. The summed E-state index contributed by atoms with van der Waals surface area (Å²) in [7, 11) is 0. The van der Waals surface area contributed by atoms with Gasteiger partial charge in [-0.25, -0.2) is 4.39 Å². The maximum absolute atomic E-state index is 14.1. The van der Waals surface area contributed by atoms with Crippen LogP contribution in [0.2, 0.25) is 0 Å². The number of rotatable bonds is 3. The number of piperidine rings is 1. The minimum Gasteiger partial charge on any atom is -0.312 e. The van der Waals surface area contributed by atoms with Gasteiger partial charge in [-0.2, -0.15) is 5.26 Å². The van der Waals surface area contributed by atoms with Gasteiger partial charge in [-0.05, 0) is 114 Å². The molecule has 0 amide bonds. The number of hydrazine groups is 1.